The van der Waals surface area contributed by atoms with Crippen LogP contribution in [-0.4, -0.2) is 22.8 Å². The molecule has 1 aromatic heterocycles. The highest BCUT2D eigenvalue weighted by molar-refractivity contribution is 6.30. The predicted octanol–water partition coefficient (Wildman–Crippen LogP) is 3.24. The van der Waals surface area contributed by atoms with E-state index in [1.807, 2.05) is 37.3 Å². The van der Waals surface area contributed by atoms with Gasteiger partial charge in [0, 0.05) is 31.0 Å². The molecule has 0 atom stereocenters. The number of carbonyl (C=O) groups is 1. The number of likely N-dealkylation sites (N-methyl/N-ethyl adjacent to an activating group) is 1. The number of benzene rings is 1. The summed E-state index contributed by atoms with van der Waals surface area (Å²) in [6.07, 6.45) is 3.89. The highest BCUT2D eigenvalue weighted by atomic mass is 35.5. The Kier molecular flexibility index (Phi) is 4.74. The van der Waals surface area contributed by atoms with E-state index in [1.165, 1.54) is 0 Å². The van der Waals surface area contributed by atoms with Crippen LogP contribution in [0.3, 0.4) is 0 Å². The third-order valence-corrected chi connectivity index (χ3v) is 3.45. The van der Waals surface area contributed by atoms with Crippen LogP contribution < -0.4 is 0 Å². The number of aromatic nitrogens is 1. The van der Waals surface area contributed by atoms with Gasteiger partial charge in [-0.2, -0.15) is 0 Å². The number of rotatable bonds is 4. The quantitative estimate of drug-likeness (QED) is 0.865. The molecule has 0 aliphatic carbocycles. The first-order valence-corrected chi connectivity index (χ1v) is 6.82. The minimum Gasteiger partial charge on any atom is -0.341 e. The van der Waals surface area contributed by atoms with Crippen LogP contribution in [0.2, 0.25) is 5.02 Å². The molecule has 20 heavy (non-hydrogen) atoms. The van der Waals surface area contributed by atoms with Crippen molar-refractivity contribution < 1.29 is 4.79 Å². The number of hydrogen-bond donors (Lipinski definition) is 0. The summed E-state index contributed by atoms with van der Waals surface area (Å²) in [4.78, 5) is 18.0. The lowest BCUT2D eigenvalue weighted by molar-refractivity contribution is -0.129. The van der Waals surface area contributed by atoms with Gasteiger partial charge in [0.25, 0.3) is 0 Å². The van der Waals surface area contributed by atoms with Gasteiger partial charge < -0.3 is 4.90 Å². The molecule has 0 N–H and O–H groups in total. The van der Waals surface area contributed by atoms with Gasteiger partial charge in [-0.1, -0.05) is 23.7 Å². The Morgan fingerprint density at radius 1 is 1.35 bits per heavy atom. The lowest BCUT2D eigenvalue weighted by Crippen LogP contribution is -2.28. The Balaban J connectivity index is 2.01. The van der Waals surface area contributed by atoms with Gasteiger partial charge >= 0.3 is 0 Å². The Morgan fingerprint density at radius 2 is 2.15 bits per heavy atom. The van der Waals surface area contributed by atoms with Crippen molar-refractivity contribution in [2.24, 2.45) is 0 Å². The Morgan fingerprint density at radius 3 is 2.80 bits per heavy atom. The van der Waals surface area contributed by atoms with Crippen LogP contribution in [0, 0.1) is 6.92 Å². The van der Waals surface area contributed by atoms with Crippen molar-refractivity contribution in [3.05, 3.63) is 64.4 Å². The van der Waals surface area contributed by atoms with Crippen LogP contribution in [0.1, 0.15) is 16.7 Å². The maximum atomic E-state index is 12.2. The third-order valence-electron chi connectivity index (χ3n) is 3.21. The van der Waals surface area contributed by atoms with E-state index in [2.05, 4.69) is 4.98 Å². The molecule has 0 radical (unpaired) electrons. The SMILES string of the molecule is Cc1cc(Cl)ccc1CC(=O)N(C)Cc1cccnc1. The number of amides is 1. The molecule has 2 rings (SSSR count). The van der Waals surface area contributed by atoms with Crippen molar-refractivity contribution in [2.75, 3.05) is 7.05 Å². The molecule has 0 fully saturated rings. The minimum atomic E-state index is 0.0827. The molecule has 2 aromatic rings. The molecule has 104 valence electrons. The molecule has 3 nitrogen and oxygen atoms in total. The zero-order valence-electron chi connectivity index (χ0n) is 11.6. The van der Waals surface area contributed by atoms with E-state index in [4.69, 9.17) is 11.6 Å². The molecule has 0 aliphatic heterocycles. The van der Waals surface area contributed by atoms with Crippen molar-refractivity contribution >= 4 is 17.5 Å². The fraction of sp³-hybridized carbons (Fsp3) is 0.250. The van der Waals surface area contributed by atoms with Crippen LogP contribution >= 0.6 is 11.6 Å². The van der Waals surface area contributed by atoms with Gasteiger partial charge in [0.15, 0.2) is 0 Å². The molecule has 0 aliphatic rings. The topological polar surface area (TPSA) is 33.2 Å². The largest absolute Gasteiger partial charge is 0.341 e. The van der Waals surface area contributed by atoms with Gasteiger partial charge in [-0.3, -0.25) is 9.78 Å². The number of hydrogen-bond acceptors (Lipinski definition) is 2. The highest BCUT2D eigenvalue weighted by Crippen LogP contribution is 2.16. The average Bonchev–Trinajstić information content (AvgIpc) is 2.43. The van der Waals surface area contributed by atoms with E-state index in [1.54, 1.807) is 24.3 Å². The lowest BCUT2D eigenvalue weighted by atomic mass is 10.1. The summed E-state index contributed by atoms with van der Waals surface area (Å²) < 4.78 is 0. The molecule has 0 spiro atoms. The molecular weight excluding hydrogens is 272 g/mol. The maximum absolute atomic E-state index is 12.2. The molecule has 0 bridgehead atoms. The smallest absolute Gasteiger partial charge is 0.227 e. The number of aryl methyl sites for hydroxylation is 1. The van der Waals surface area contributed by atoms with Gasteiger partial charge in [0.2, 0.25) is 5.91 Å². The Bertz CT molecular complexity index is 599. The summed E-state index contributed by atoms with van der Waals surface area (Å²) in [6.45, 7) is 2.54. The maximum Gasteiger partial charge on any atom is 0.227 e. The minimum absolute atomic E-state index is 0.0827. The summed E-state index contributed by atoms with van der Waals surface area (Å²) in [5.41, 5.74) is 3.08. The van der Waals surface area contributed by atoms with Crippen LogP contribution in [0.5, 0.6) is 0 Å². The first-order valence-electron chi connectivity index (χ1n) is 6.44. The second-order valence-electron chi connectivity index (χ2n) is 4.86. The normalized spacial score (nSPS) is 10.3. The van der Waals surface area contributed by atoms with Crippen molar-refractivity contribution in [2.45, 2.75) is 19.9 Å². The lowest BCUT2D eigenvalue weighted by Gasteiger charge is -2.17. The molecular formula is C16H17ClN2O. The zero-order chi connectivity index (χ0) is 14.5. The molecule has 0 saturated heterocycles. The van der Waals surface area contributed by atoms with Crippen LogP contribution in [0.25, 0.3) is 0 Å². The molecule has 1 aromatic carbocycles. The summed E-state index contributed by atoms with van der Waals surface area (Å²) >= 11 is 5.92. The van der Waals surface area contributed by atoms with Gasteiger partial charge in [0.1, 0.15) is 0 Å². The second kappa shape index (κ2) is 6.53. The predicted molar refractivity (Wildman–Crippen MR) is 80.6 cm³/mol. The summed E-state index contributed by atoms with van der Waals surface area (Å²) in [5.74, 6) is 0.0827. The van der Waals surface area contributed by atoms with E-state index in [0.29, 0.717) is 18.0 Å². The van der Waals surface area contributed by atoms with Gasteiger partial charge in [-0.15, -0.1) is 0 Å². The average molecular weight is 289 g/mol. The fourth-order valence-corrected chi connectivity index (χ4v) is 2.24. The highest BCUT2D eigenvalue weighted by Gasteiger charge is 2.11. The molecule has 4 heteroatoms. The number of carbonyl (C=O) groups excluding carboxylic acids is 1. The summed E-state index contributed by atoms with van der Waals surface area (Å²) in [5, 5.41) is 0.697. The third kappa shape index (κ3) is 3.81. The van der Waals surface area contributed by atoms with Crippen molar-refractivity contribution in [3.63, 3.8) is 0 Å². The van der Waals surface area contributed by atoms with E-state index < -0.39 is 0 Å². The van der Waals surface area contributed by atoms with E-state index in [0.717, 1.165) is 16.7 Å². The first-order chi connectivity index (χ1) is 9.56. The van der Waals surface area contributed by atoms with Crippen LogP contribution in [0.15, 0.2) is 42.7 Å². The van der Waals surface area contributed by atoms with Gasteiger partial charge in [-0.05, 0) is 41.8 Å². The molecule has 1 amide bonds. The second-order valence-corrected chi connectivity index (χ2v) is 5.30. The van der Waals surface area contributed by atoms with Crippen LogP contribution in [0.4, 0.5) is 0 Å². The van der Waals surface area contributed by atoms with E-state index in [-0.39, 0.29) is 5.91 Å². The molecule has 1 heterocycles. The summed E-state index contributed by atoms with van der Waals surface area (Å²) in [6, 6.07) is 9.44. The van der Waals surface area contributed by atoms with Crippen LogP contribution in [-0.2, 0) is 17.8 Å². The number of pyridine rings is 1. The first kappa shape index (κ1) is 14.5. The standard InChI is InChI=1S/C16H17ClN2O/c1-12-8-15(17)6-5-14(12)9-16(20)19(2)11-13-4-3-7-18-10-13/h3-8,10H,9,11H2,1-2H3. The molecule has 0 saturated carbocycles. The fourth-order valence-electron chi connectivity index (χ4n) is 2.01. The van der Waals surface area contributed by atoms with E-state index >= 15 is 0 Å². The Hall–Kier alpha value is -1.87. The monoisotopic (exact) mass is 288 g/mol. The van der Waals surface area contributed by atoms with E-state index in [9.17, 15) is 4.79 Å². The summed E-state index contributed by atoms with van der Waals surface area (Å²) in [7, 11) is 1.81. The zero-order valence-corrected chi connectivity index (χ0v) is 12.4. The number of halogens is 1. The Labute approximate surface area is 124 Å². The van der Waals surface area contributed by atoms with Crippen molar-refractivity contribution in [1.82, 2.24) is 9.88 Å². The van der Waals surface area contributed by atoms with Gasteiger partial charge in [0.05, 0.1) is 6.42 Å². The van der Waals surface area contributed by atoms with Gasteiger partial charge in [-0.25, -0.2) is 0 Å². The van der Waals surface area contributed by atoms with Crippen molar-refractivity contribution in [1.29, 1.82) is 0 Å². The molecule has 0 unspecified atom stereocenters. The van der Waals surface area contributed by atoms with Crippen molar-refractivity contribution in [3.8, 4) is 0 Å². The number of nitrogens with zero attached hydrogens (tertiary/aromatic N) is 2.